The molecule has 0 heterocycles. The molecule has 2 aromatic rings. The van der Waals surface area contributed by atoms with Crippen molar-refractivity contribution in [3.63, 3.8) is 0 Å². The Morgan fingerprint density at radius 2 is 1.89 bits per heavy atom. The zero-order valence-electron chi connectivity index (χ0n) is 9.58. The number of amidine groups is 1. The summed E-state index contributed by atoms with van der Waals surface area (Å²) >= 11 is 5.81. The number of hydrogen-bond donors (Lipinski definition) is 2. The average Bonchev–Trinajstić information content (AvgIpc) is 2.32. The van der Waals surface area contributed by atoms with E-state index in [-0.39, 0.29) is 22.1 Å². The van der Waals surface area contributed by atoms with Gasteiger partial charge < -0.3 is 10.5 Å². The molecule has 0 saturated carbocycles. The van der Waals surface area contributed by atoms with Gasteiger partial charge in [-0.25, -0.2) is 8.78 Å². The van der Waals surface area contributed by atoms with E-state index in [2.05, 4.69) is 0 Å². The molecule has 0 fully saturated rings. The van der Waals surface area contributed by atoms with Gasteiger partial charge in [0.05, 0.1) is 10.6 Å². The standard InChI is InChI=1S/C13H9ClF2N2O/c14-8-6-7(15)4-5-10(8)19-11-3-1-2-9(16)12(11)13(17)18/h1-6H,(H3,17,18). The molecule has 19 heavy (non-hydrogen) atoms. The SMILES string of the molecule is N=C(N)c1c(F)cccc1Oc1ccc(F)cc1Cl. The van der Waals surface area contributed by atoms with Crippen molar-refractivity contribution in [3.05, 3.63) is 58.6 Å². The van der Waals surface area contributed by atoms with E-state index in [1.165, 1.54) is 18.2 Å². The van der Waals surface area contributed by atoms with Gasteiger partial charge in [0.25, 0.3) is 0 Å². The number of halogens is 3. The highest BCUT2D eigenvalue weighted by Crippen LogP contribution is 2.32. The Morgan fingerprint density at radius 1 is 1.16 bits per heavy atom. The zero-order chi connectivity index (χ0) is 14.0. The maximum absolute atomic E-state index is 13.6. The van der Waals surface area contributed by atoms with Crippen LogP contribution in [0.5, 0.6) is 11.5 Å². The van der Waals surface area contributed by atoms with E-state index in [1.54, 1.807) is 0 Å². The molecule has 0 spiro atoms. The second-order valence-corrected chi connectivity index (χ2v) is 4.11. The second-order valence-electron chi connectivity index (χ2n) is 3.70. The van der Waals surface area contributed by atoms with Gasteiger partial charge in [0.1, 0.15) is 29.0 Å². The summed E-state index contributed by atoms with van der Waals surface area (Å²) in [6.45, 7) is 0. The van der Waals surface area contributed by atoms with E-state index in [1.807, 2.05) is 0 Å². The summed E-state index contributed by atoms with van der Waals surface area (Å²) in [5.41, 5.74) is 5.14. The first-order valence-electron chi connectivity index (χ1n) is 5.25. The number of nitrogens with one attached hydrogen (secondary N) is 1. The summed E-state index contributed by atoms with van der Waals surface area (Å²) in [5, 5.41) is 7.38. The van der Waals surface area contributed by atoms with Gasteiger partial charge in [-0.1, -0.05) is 17.7 Å². The molecule has 0 atom stereocenters. The molecule has 0 unspecified atom stereocenters. The molecular weight excluding hydrogens is 274 g/mol. The number of ether oxygens (including phenoxy) is 1. The van der Waals surface area contributed by atoms with E-state index in [0.29, 0.717) is 0 Å². The van der Waals surface area contributed by atoms with Crippen LogP contribution in [0.3, 0.4) is 0 Å². The average molecular weight is 283 g/mol. The third kappa shape index (κ3) is 2.82. The lowest BCUT2D eigenvalue weighted by Crippen LogP contribution is -2.14. The largest absolute Gasteiger partial charge is 0.455 e. The highest BCUT2D eigenvalue weighted by molar-refractivity contribution is 6.32. The third-order valence-corrected chi connectivity index (χ3v) is 2.65. The Labute approximate surface area is 113 Å². The molecule has 0 aliphatic carbocycles. The predicted molar refractivity (Wildman–Crippen MR) is 68.9 cm³/mol. The van der Waals surface area contributed by atoms with Crippen molar-refractivity contribution in [1.82, 2.24) is 0 Å². The molecule has 0 aromatic heterocycles. The van der Waals surface area contributed by atoms with Crippen LogP contribution in [0.1, 0.15) is 5.56 Å². The van der Waals surface area contributed by atoms with Gasteiger partial charge in [0.15, 0.2) is 0 Å². The number of nitrogen functional groups attached to an aromatic ring is 1. The molecular formula is C13H9ClF2N2O. The summed E-state index contributed by atoms with van der Waals surface area (Å²) in [7, 11) is 0. The van der Waals surface area contributed by atoms with E-state index < -0.39 is 17.5 Å². The summed E-state index contributed by atoms with van der Waals surface area (Å²) in [6, 6.07) is 7.56. The second kappa shape index (κ2) is 5.24. The van der Waals surface area contributed by atoms with Crippen molar-refractivity contribution in [3.8, 4) is 11.5 Å². The number of benzene rings is 2. The molecule has 0 amide bonds. The van der Waals surface area contributed by atoms with Gasteiger partial charge in [0, 0.05) is 0 Å². The number of nitrogens with two attached hydrogens (primary N) is 1. The van der Waals surface area contributed by atoms with Crippen molar-refractivity contribution < 1.29 is 13.5 Å². The first-order valence-corrected chi connectivity index (χ1v) is 5.62. The molecule has 3 nitrogen and oxygen atoms in total. The van der Waals surface area contributed by atoms with E-state index in [4.69, 9.17) is 27.5 Å². The Morgan fingerprint density at radius 3 is 2.53 bits per heavy atom. The monoisotopic (exact) mass is 282 g/mol. The molecule has 0 bridgehead atoms. The Balaban J connectivity index is 2.44. The Kier molecular flexibility index (Phi) is 3.66. The Bertz CT molecular complexity index is 647. The molecule has 0 aliphatic heterocycles. The van der Waals surface area contributed by atoms with Gasteiger partial charge in [-0.05, 0) is 30.3 Å². The summed E-state index contributed by atoms with van der Waals surface area (Å²) in [6.07, 6.45) is 0. The van der Waals surface area contributed by atoms with Crippen LogP contribution in [-0.2, 0) is 0 Å². The lowest BCUT2D eigenvalue weighted by atomic mass is 10.1. The third-order valence-electron chi connectivity index (χ3n) is 2.36. The number of rotatable bonds is 3. The lowest BCUT2D eigenvalue weighted by Gasteiger charge is -2.12. The van der Waals surface area contributed by atoms with Crippen LogP contribution in [0, 0.1) is 17.0 Å². The minimum atomic E-state index is -0.678. The highest BCUT2D eigenvalue weighted by Gasteiger charge is 2.14. The number of hydrogen-bond acceptors (Lipinski definition) is 2. The van der Waals surface area contributed by atoms with Crippen LogP contribution < -0.4 is 10.5 Å². The molecule has 6 heteroatoms. The van der Waals surface area contributed by atoms with Crippen LogP contribution in [-0.4, -0.2) is 5.84 Å². The first-order chi connectivity index (χ1) is 8.99. The maximum atomic E-state index is 13.6. The molecule has 0 saturated heterocycles. The van der Waals surface area contributed by atoms with Crippen LogP contribution in [0.2, 0.25) is 5.02 Å². The first kappa shape index (κ1) is 13.3. The fraction of sp³-hybridized carbons (Fsp3) is 0. The maximum Gasteiger partial charge on any atom is 0.146 e. The molecule has 0 radical (unpaired) electrons. The van der Waals surface area contributed by atoms with Gasteiger partial charge >= 0.3 is 0 Å². The van der Waals surface area contributed by atoms with Crippen LogP contribution in [0.15, 0.2) is 36.4 Å². The highest BCUT2D eigenvalue weighted by atomic mass is 35.5. The lowest BCUT2D eigenvalue weighted by molar-refractivity contribution is 0.473. The normalized spacial score (nSPS) is 10.3. The minimum Gasteiger partial charge on any atom is -0.455 e. The van der Waals surface area contributed by atoms with Crippen molar-refractivity contribution in [1.29, 1.82) is 5.41 Å². The van der Waals surface area contributed by atoms with Crippen molar-refractivity contribution in [2.24, 2.45) is 5.73 Å². The van der Waals surface area contributed by atoms with E-state index >= 15 is 0 Å². The smallest absolute Gasteiger partial charge is 0.146 e. The summed E-state index contributed by atoms with van der Waals surface area (Å²) in [4.78, 5) is 0. The van der Waals surface area contributed by atoms with Crippen LogP contribution in [0.25, 0.3) is 0 Å². The predicted octanol–water partition coefficient (Wildman–Crippen LogP) is 3.69. The topological polar surface area (TPSA) is 59.1 Å². The van der Waals surface area contributed by atoms with Crippen molar-refractivity contribution >= 4 is 17.4 Å². The fourth-order valence-corrected chi connectivity index (χ4v) is 1.73. The molecule has 98 valence electrons. The Hall–Kier alpha value is -2.14. The molecule has 2 aromatic carbocycles. The van der Waals surface area contributed by atoms with Gasteiger partial charge in [-0.2, -0.15) is 0 Å². The van der Waals surface area contributed by atoms with E-state index in [0.717, 1.165) is 18.2 Å². The summed E-state index contributed by atoms with van der Waals surface area (Å²) < 4.78 is 31.9. The fourth-order valence-electron chi connectivity index (χ4n) is 1.53. The summed E-state index contributed by atoms with van der Waals surface area (Å²) in [5.74, 6) is -1.46. The molecule has 2 rings (SSSR count). The molecule has 3 N–H and O–H groups in total. The van der Waals surface area contributed by atoms with Gasteiger partial charge in [0.2, 0.25) is 0 Å². The van der Waals surface area contributed by atoms with Crippen molar-refractivity contribution in [2.75, 3.05) is 0 Å². The zero-order valence-corrected chi connectivity index (χ0v) is 10.3. The quantitative estimate of drug-likeness (QED) is 0.666. The minimum absolute atomic E-state index is 0.0405. The van der Waals surface area contributed by atoms with Gasteiger partial charge in [-0.3, -0.25) is 5.41 Å². The van der Waals surface area contributed by atoms with E-state index in [9.17, 15) is 8.78 Å². The molecule has 0 aliphatic rings. The van der Waals surface area contributed by atoms with Crippen LogP contribution in [0.4, 0.5) is 8.78 Å². The van der Waals surface area contributed by atoms with Gasteiger partial charge in [-0.15, -0.1) is 0 Å². The van der Waals surface area contributed by atoms with Crippen LogP contribution >= 0.6 is 11.6 Å². The van der Waals surface area contributed by atoms with Crippen molar-refractivity contribution in [2.45, 2.75) is 0 Å².